The molecule has 3 heterocycles. The first kappa shape index (κ1) is 25.3. The summed E-state index contributed by atoms with van der Waals surface area (Å²) in [6, 6.07) is -0.477. The van der Waals surface area contributed by atoms with Crippen LogP contribution in [0.1, 0.15) is 53.0 Å². The molecule has 3 fully saturated rings. The van der Waals surface area contributed by atoms with Crippen molar-refractivity contribution < 1.29 is 32.2 Å². The summed E-state index contributed by atoms with van der Waals surface area (Å²) in [6.07, 6.45) is -2.44. The first-order valence-electron chi connectivity index (χ1n) is 11.8. The molecular formula is C23H32F3N5O4. The molecule has 2 atom stereocenters. The predicted octanol–water partition coefficient (Wildman–Crippen LogP) is 3.93. The van der Waals surface area contributed by atoms with Gasteiger partial charge in [-0.05, 0) is 47.5 Å². The van der Waals surface area contributed by atoms with Gasteiger partial charge in [-0.15, -0.1) is 0 Å². The highest BCUT2D eigenvalue weighted by molar-refractivity contribution is 5.70. The van der Waals surface area contributed by atoms with Gasteiger partial charge in [-0.3, -0.25) is 4.90 Å². The topological polar surface area (TPSA) is 88.1 Å². The Kier molecular flexibility index (Phi) is 6.29. The molecule has 2 saturated heterocycles. The number of carbonyl (C=O) groups is 2. The lowest BCUT2D eigenvalue weighted by molar-refractivity contribution is -0.138. The van der Waals surface area contributed by atoms with Gasteiger partial charge in [-0.1, -0.05) is 0 Å². The van der Waals surface area contributed by atoms with Crippen molar-refractivity contribution in [3.05, 3.63) is 18.0 Å². The maximum absolute atomic E-state index is 12.9. The molecule has 1 aromatic heterocycles. The predicted molar refractivity (Wildman–Crippen MR) is 120 cm³/mol. The van der Waals surface area contributed by atoms with Gasteiger partial charge in [0.15, 0.2) is 0 Å². The van der Waals surface area contributed by atoms with E-state index in [4.69, 9.17) is 9.47 Å². The van der Waals surface area contributed by atoms with Gasteiger partial charge in [0.2, 0.25) is 5.95 Å². The summed E-state index contributed by atoms with van der Waals surface area (Å²) < 4.78 is 49.5. The van der Waals surface area contributed by atoms with Gasteiger partial charge < -0.3 is 19.3 Å². The monoisotopic (exact) mass is 499 g/mol. The quantitative estimate of drug-likeness (QED) is 0.609. The van der Waals surface area contributed by atoms with Crippen molar-refractivity contribution in [2.45, 2.75) is 77.4 Å². The Morgan fingerprint density at radius 3 is 2.03 bits per heavy atom. The van der Waals surface area contributed by atoms with Crippen LogP contribution in [0.15, 0.2) is 12.4 Å². The van der Waals surface area contributed by atoms with E-state index in [1.807, 2.05) is 34.6 Å². The highest BCUT2D eigenvalue weighted by Crippen LogP contribution is 2.50. The molecule has 9 nitrogen and oxygen atoms in total. The second kappa shape index (κ2) is 8.70. The lowest BCUT2D eigenvalue weighted by atomic mass is 9.62. The number of hydrogen-bond acceptors (Lipinski definition) is 7. The van der Waals surface area contributed by atoms with Crippen LogP contribution < -0.4 is 4.90 Å². The van der Waals surface area contributed by atoms with Gasteiger partial charge in [0, 0.05) is 44.0 Å². The average Bonchev–Trinajstić information content (AvgIpc) is 2.66. The van der Waals surface area contributed by atoms with Crippen molar-refractivity contribution in [1.29, 1.82) is 0 Å². The van der Waals surface area contributed by atoms with Crippen LogP contribution in [0.3, 0.4) is 0 Å². The van der Waals surface area contributed by atoms with Gasteiger partial charge in [-0.2, -0.15) is 13.2 Å². The number of halogens is 3. The second-order valence-electron chi connectivity index (χ2n) is 11.0. The molecule has 0 unspecified atom stereocenters. The molecule has 1 saturated carbocycles. The largest absolute Gasteiger partial charge is 0.446 e. The average molecular weight is 500 g/mol. The molecule has 1 aromatic rings. The number of amides is 2. The Morgan fingerprint density at radius 2 is 1.54 bits per heavy atom. The molecule has 1 aliphatic carbocycles. The highest BCUT2D eigenvalue weighted by Gasteiger charge is 2.56. The van der Waals surface area contributed by atoms with Crippen molar-refractivity contribution in [2.24, 2.45) is 5.41 Å². The molecule has 194 valence electrons. The molecule has 35 heavy (non-hydrogen) atoms. The summed E-state index contributed by atoms with van der Waals surface area (Å²) in [5, 5.41) is 0. The number of carbonyl (C=O) groups excluding carboxylic acids is 2. The van der Waals surface area contributed by atoms with E-state index < -0.39 is 23.4 Å². The third-order valence-corrected chi connectivity index (χ3v) is 6.67. The number of piperazine rings is 1. The first-order valence-corrected chi connectivity index (χ1v) is 11.8. The lowest BCUT2D eigenvalue weighted by Crippen LogP contribution is -2.66. The Hall–Kier alpha value is -2.79. The zero-order valence-electron chi connectivity index (χ0n) is 20.6. The minimum Gasteiger partial charge on any atom is -0.446 e. The van der Waals surface area contributed by atoms with E-state index in [2.05, 4.69) is 9.97 Å². The maximum atomic E-state index is 12.9. The summed E-state index contributed by atoms with van der Waals surface area (Å²) >= 11 is 0. The van der Waals surface area contributed by atoms with Crippen LogP contribution >= 0.6 is 0 Å². The number of rotatable bonds is 2. The number of hydrogen-bond donors (Lipinski definition) is 0. The van der Waals surface area contributed by atoms with Crippen molar-refractivity contribution in [1.82, 2.24) is 19.8 Å². The molecule has 4 rings (SSSR count). The summed E-state index contributed by atoms with van der Waals surface area (Å²) in [7, 11) is 0. The summed E-state index contributed by atoms with van der Waals surface area (Å²) in [4.78, 5) is 37.9. The smallest absolute Gasteiger partial charge is 0.419 e. The molecule has 0 N–H and O–H groups in total. The van der Waals surface area contributed by atoms with Crippen molar-refractivity contribution >= 4 is 18.1 Å². The SMILES string of the molecule is C[C@@H]1CN(c2ncc(C(F)(F)F)cn2)C[C@H](C)N1C(=O)OC1CC2(C1)CN(C(=O)OC(C)(C)C)C2. The molecule has 0 aromatic carbocycles. The zero-order valence-corrected chi connectivity index (χ0v) is 20.6. The zero-order chi connectivity index (χ0) is 25.8. The number of likely N-dealkylation sites (tertiary alicyclic amines) is 1. The Balaban J connectivity index is 1.25. The fourth-order valence-corrected chi connectivity index (χ4v) is 5.15. The molecule has 12 heteroatoms. The number of aromatic nitrogens is 2. The van der Waals surface area contributed by atoms with Crippen LogP contribution in [0.2, 0.25) is 0 Å². The normalized spacial score (nSPS) is 24.6. The van der Waals surface area contributed by atoms with Gasteiger partial charge in [0.25, 0.3) is 0 Å². The van der Waals surface area contributed by atoms with E-state index in [9.17, 15) is 22.8 Å². The summed E-state index contributed by atoms with van der Waals surface area (Å²) in [5.41, 5.74) is -1.44. The molecule has 2 amide bonds. The Bertz CT molecular complexity index is 939. The number of ether oxygens (including phenoxy) is 2. The van der Waals surface area contributed by atoms with Crippen LogP contribution in [0.4, 0.5) is 28.7 Å². The van der Waals surface area contributed by atoms with Crippen LogP contribution in [-0.4, -0.2) is 81.9 Å². The van der Waals surface area contributed by atoms with Crippen LogP contribution in [0.5, 0.6) is 0 Å². The van der Waals surface area contributed by atoms with Crippen LogP contribution in [-0.2, 0) is 15.7 Å². The van der Waals surface area contributed by atoms with E-state index in [1.165, 1.54) is 0 Å². The van der Waals surface area contributed by atoms with E-state index in [0.29, 0.717) is 39.0 Å². The van der Waals surface area contributed by atoms with Crippen molar-refractivity contribution in [2.75, 3.05) is 31.1 Å². The maximum Gasteiger partial charge on any atom is 0.419 e. The minimum absolute atomic E-state index is 0.00228. The number of alkyl halides is 3. The molecule has 0 bridgehead atoms. The Labute approximate surface area is 202 Å². The summed E-state index contributed by atoms with van der Waals surface area (Å²) in [6.45, 7) is 11.2. The van der Waals surface area contributed by atoms with Gasteiger partial charge in [0.05, 0.1) is 17.6 Å². The molecule has 3 aliphatic rings. The second-order valence-corrected chi connectivity index (χ2v) is 11.0. The molecular weight excluding hydrogens is 467 g/mol. The third kappa shape index (κ3) is 5.40. The number of anilines is 1. The molecule has 2 aliphatic heterocycles. The third-order valence-electron chi connectivity index (χ3n) is 6.67. The fourth-order valence-electron chi connectivity index (χ4n) is 5.15. The Morgan fingerprint density at radius 1 is 1.00 bits per heavy atom. The standard InChI is InChI=1S/C23H32F3N5O4/c1-14-10-29(18-27-8-16(9-28-18)23(24,25)26)11-15(2)31(14)20(33)34-17-6-22(7-17)12-30(13-22)19(32)35-21(3,4)5/h8-9,14-15,17H,6-7,10-13H2,1-5H3/t14-,15+. The lowest BCUT2D eigenvalue weighted by Gasteiger charge is -2.58. The number of nitrogens with zero attached hydrogens (tertiary/aromatic N) is 5. The van der Waals surface area contributed by atoms with E-state index >= 15 is 0 Å². The van der Waals surface area contributed by atoms with Gasteiger partial charge in [-0.25, -0.2) is 19.6 Å². The molecule has 0 radical (unpaired) electrons. The summed E-state index contributed by atoms with van der Waals surface area (Å²) in [5.74, 6) is 0.199. The van der Waals surface area contributed by atoms with Crippen LogP contribution in [0.25, 0.3) is 0 Å². The van der Waals surface area contributed by atoms with E-state index in [1.54, 1.807) is 14.7 Å². The minimum atomic E-state index is -4.49. The van der Waals surface area contributed by atoms with Crippen LogP contribution in [0, 0.1) is 5.41 Å². The van der Waals surface area contributed by atoms with Gasteiger partial charge in [0.1, 0.15) is 11.7 Å². The first-order chi connectivity index (χ1) is 16.2. The van der Waals surface area contributed by atoms with Crippen molar-refractivity contribution in [3.63, 3.8) is 0 Å². The van der Waals surface area contributed by atoms with Crippen molar-refractivity contribution in [3.8, 4) is 0 Å². The van der Waals surface area contributed by atoms with E-state index in [0.717, 1.165) is 12.4 Å². The fraction of sp³-hybridized carbons (Fsp3) is 0.739. The van der Waals surface area contributed by atoms with Gasteiger partial charge >= 0.3 is 18.4 Å². The molecule has 1 spiro atoms. The van der Waals surface area contributed by atoms with E-state index in [-0.39, 0.29) is 35.6 Å². The highest BCUT2D eigenvalue weighted by atomic mass is 19.4.